The summed E-state index contributed by atoms with van der Waals surface area (Å²) >= 11 is 0. The van der Waals surface area contributed by atoms with Crippen molar-refractivity contribution in [1.29, 1.82) is 0 Å². The number of guanidine groups is 1. The van der Waals surface area contributed by atoms with Crippen LogP contribution in [0, 0.1) is 6.92 Å². The number of nitrogens with zero attached hydrogens (tertiary/aromatic N) is 1. The van der Waals surface area contributed by atoms with Crippen LogP contribution in [-0.2, 0) is 6.54 Å². The van der Waals surface area contributed by atoms with Gasteiger partial charge in [0.05, 0.1) is 27.4 Å². The fourth-order valence-electron chi connectivity index (χ4n) is 2.68. The van der Waals surface area contributed by atoms with Gasteiger partial charge in [-0.05, 0) is 50.1 Å². The fraction of sp³-hybridized carbons (Fsp3) is 0.381. The molecular formula is C21H29N3O3. The van der Waals surface area contributed by atoms with Gasteiger partial charge < -0.3 is 24.8 Å². The van der Waals surface area contributed by atoms with Crippen LogP contribution in [-0.4, -0.2) is 33.3 Å². The molecule has 0 atom stereocenters. The highest BCUT2D eigenvalue weighted by molar-refractivity contribution is 5.93. The molecule has 2 N–H and O–H groups in total. The van der Waals surface area contributed by atoms with Gasteiger partial charge >= 0.3 is 0 Å². The first-order chi connectivity index (χ1) is 13.1. The van der Waals surface area contributed by atoms with E-state index in [4.69, 9.17) is 14.2 Å². The molecule has 2 aromatic rings. The smallest absolute Gasteiger partial charge is 0.196 e. The Labute approximate surface area is 161 Å². The van der Waals surface area contributed by atoms with E-state index in [0.717, 1.165) is 29.1 Å². The summed E-state index contributed by atoms with van der Waals surface area (Å²) in [7, 11) is 3.31. The normalized spacial score (nSPS) is 11.1. The van der Waals surface area contributed by atoms with Crippen molar-refractivity contribution in [2.24, 2.45) is 4.99 Å². The first kappa shape index (κ1) is 20.4. The van der Waals surface area contributed by atoms with Gasteiger partial charge in [-0.2, -0.15) is 0 Å². The fourth-order valence-corrected chi connectivity index (χ4v) is 2.68. The van der Waals surface area contributed by atoms with Crippen molar-refractivity contribution in [3.63, 3.8) is 0 Å². The molecule has 0 amide bonds. The largest absolute Gasteiger partial charge is 0.496 e. The number of hydrogen-bond acceptors (Lipinski definition) is 4. The molecule has 6 heteroatoms. The van der Waals surface area contributed by atoms with Crippen LogP contribution < -0.4 is 24.8 Å². The minimum absolute atomic E-state index is 0.564. The molecule has 0 spiro atoms. The lowest BCUT2D eigenvalue weighted by Crippen LogP contribution is -2.30. The van der Waals surface area contributed by atoms with Crippen molar-refractivity contribution in [2.45, 2.75) is 27.3 Å². The Balaban J connectivity index is 2.15. The predicted molar refractivity (Wildman–Crippen MR) is 110 cm³/mol. The summed E-state index contributed by atoms with van der Waals surface area (Å²) in [6.45, 7) is 7.92. The molecule has 0 bridgehead atoms. The summed E-state index contributed by atoms with van der Waals surface area (Å²) in [5.41, 5.74) is 3.10. The van der Waals surface area contributed by atoms with E-state index in [0.29, 0.717) is 30.6 Å². The van der Waals surface area contributed by atoms with Gasteiger partial charge in [-0.25, -0.2) is 4.99 Å². The molecule has 27 heavy (non-hydrogen) atoms. The van der Waals surface area contributed by atoms with Crippen LogP contribution in [0.4, 0.5) is 5.69 Å². The Morgan fingerprint density at radius 2 is 1.70 bits per heavy atom. The average Bonchev–Trinajstić information content (AvgIpc) is 2.67. The van der Waals surface area contributed by atoms with Gasteiger partial charge in [-0.3, -0.25) is 0 Å². The number of hydrogen-bond donors (Lipinski definition) is 2. The summed E-state index contributed by atoms with van der Waals surface area (Å²) in [6, 6.07) is 11.8. The number of aliphatic imine (C=N–C) groups is 1. The molecule has 0 radical (unpaired) electrons. The topological polar surface area (TPSA) is 64.1 Å². The molecule has 146 valence electrons. The summed E-state index contributed by atoms with van der Waals surface area (Å²) in [5.74, 6) is 3.00. The van der Waals surface area contributed by atoms with Crippen molar-refractivity contribution >= 4 is 11.6 Å². The molecule has 0 saturated heterocycles. The zero-order valence-corrected chi connectivity index (χ0v) is 16.8. The SMILES string of the molecule is CCNC(=NCc1ccc(OC)c(C)c1)Nc1ccc(OC)c(OCC)c1. The Morgan fingerprint density at radius 1 is 0.963 bits per heavy atom. The molecule has 2 aromatic carbocycles. The number of rotatable bonds is 8. The van der Waals surface area contributed by atoms with Crippen LogP contribution in [0.3, 0.4) is 0 Å². The second-order valence-corrected chi connectivity index (χ2v) is 5.92. The molecule has 0 aliphatic heterocycles. The minimum Gasteiger partial charge on any atom is -0.496 e. The lowest BCUT2D eigenvalue weighted by atomic mass is 10.1. The number of methoxy groups -OCH3 is 2. The number of aryl methyl sites for hydroxylation is 1. The van der Waals surface area contributed by atoms with Gasteiger partial charge in [-0.15, -0.1) is 0 Å². The van der Waals surface area contributed by atoms with E-state index in [9.17, 15) is 0 Å². The maximum atomic E-state index is 5.64. The van der Waals surface area contributed by atoms with E-state index in [-0.39, 0.29) is 0 Å². The first-order valence-corrected chi connectivity index (χ1v) is 9.10. The molecule has 6 nitrogen and oxygen atoms in total. The molecule has 0 aromatic heterocycles. The van der Waals surface area contributed by atoms with E-state index in [1.54, 1.807) is 14.2 Å². The van der Waals surface area contributed by atoms with Gasteiger partial charge in [0.2, 0.25) is 0 Å². The average molecular weight is 371 g/mol. The highest BCUT2D eigenvalue weighted by atomic mass is 16.5. The van der Waals surface area contributed by atoms with Gasteiger partial charge in [0, 0.05) is 18.3 Å². The van der Waals surface area contributed by atoms with Crippen molar-refractivity contribution in [3.8, 4) is 17.2 Å². The predicted octanol–water partition coefficient (Wildman–Crippen LogP) is 3.99. The van der Waals surface area contributed by atoms with Crippen molar-refractivity contribution < 1.29 is 14.2 Å². The standard InChI is InChI=1S/C21H29N3O3/c1-6-22-21(23-14-16-8-10-18(25-4)15(3)12-16)24-17-9-11-19(26-5)20(13-17)27-7-2/h8-13H,6-7,14H2,1-5H3,(H2,22,23,24). The van der Waals surface area contributed by atoms with Crippen LogP contribution in [0.25, 0.3) is 0 Å². The zero-order chi connectivity index (χ0) is 19.6. The number of nitrogens with one attached hydrogen (secondary N) is 2. The Bertz CT molecular complexity index is 775. The number of anilines is 1. The summed E-state index contributed by atoms with van der Waals surface area (Å²) in [5, 5.41) is 6.58. The first-order valence-electron chi connectivity index (χ1n) is 9.10. The van der Waals surface area contributed by atoms with E-state index in [2.05, 4.69) is 21.7 Å². The highest BCUT2D eigenvalue weighted by Gasteiger charge is 2.07. The molecule has 2 rings (SSSR count). The van der Waals surface area contributed by atoms with E-state index < -0.39 is 0 Å². The molecule has 0 aliphatic carbocycles. The van der Waals surface area contributed by atoms with Crippen LogP contribution in [0.1, 0.15) is 25.0 Å². The third kappa shape index (κ3) is 5.81. The Morgan fingerprint density at radius 3 is 2.33 bits per heavy atom. The quantitative estimate of drug-likeness (QED) is 0.543. The summed E-state index contributed by atoms with van der Waals surface area (Å²) in [6.07, 6.45) is 0. The molecule has 0 aliphatic rings. The van der Waals surface area contributed by atoms with Crippen LogP contribution in [0.15, 0.2) is 41.4 Å². The molecule has 0 unspecified atom stereocenters. The monoisotopic (exact) mass is 371 g/mol. The zero-order valence-electron chi connectivity index (χ0n) is 16.8. The van der Waals surface area contributed by atoms with Gasteiger partial charge in [0.15, 0.2) is 17.5 Å². The summed E-state index contributed by atoms with van der Waals surface area (Å²) < 4.78 is 16.3. The molecule has 0 fully saturated rings. The van der Waals surface area contributed by atoms with Crippen LogP contribution in [0.2, 0.25) is 0 Å². The van der Waals surface area contributed by atoms with Gasteiger partial charge in [0.1, 0.15) is 5.75 Å². The Kier molecular flexibility index (Phi) is 7.79. The number of ether oxygens (including phenoxy) is 3. The van der Waals surface area contributed by atoms with Crippen molar-refractivity contribution in [1.82, 2.24) is 5.32 Å². The third-order valence-electron chi connectivity index (χ3n) is 3.95. The lowest BCUT2D eigenvalue weighted by Gasteiger charge is -2.14. The number of benzene rings is 2. The van der Waals surface area contributed by atoms with Crippen LogP contribution in [0.5, 0.6) is 17.2 Å². The van der Waals surface area contributed by atoms with Crippen molar-refractivity contribution in [3.05, 3.63) is 47.5 Å². The summed E-state index contributed by atoms with van der Waals surface area (Å²) in [4.78, 5) is 4.68. The third-order valence-corrected chi connectivity index (χ3v) is 3.95. The highest BCUT2D eigenvalue weighted by Crippen LogP contribution is 2.30. The van der Waals surface area contributed by atoms with Gasteiger partial charge in [-0.1, -0.05) is 12.1 Å². The maximum absolute atomic E-state index is 5.64. The van der Waals surface area contributed by atoms with E-state index in [1.165, 1.54) is 0 Å². The van der Waals surface area contributed by atoms with Gasteiger partial charge in [0.25, 0.3) is 0 Å². The molecule has 0 heterocycles. The Hall–Kier alpha value is -2.89. The van der Waals surface area contributed by atoms with E-state index >= 15 is 0 Å². The lowest BCUT2D eigenvalue weighted by molar-refractivity contribution is 0.311. The second-order valence-electron chi connectivity index (χ2n) is 5.92. The molecule has 0 saturated carbocycles. The van der Waals surface area contributed by atoms with Crippen molar-refractivity contribution in [2.75, 3.05) is 32.7 Å². The van der Waals surface area contributed by atoms with E-state index in [1.807, 2.05) is 51.1 Å². The van der Waals surface area contributed by atoms with Crippen LogP contribution >= 0.6 is 0 Å². The second kappa shape index (κ2) is 10.3. The maximum Gasteiger partial charge on any atom is 0.196 e. The molecular weight excluding hydrogens is 342 g/mol. The minimum atomic E-state index is 0.564.